The zero-order valence-electron chi connectivity index (χ0n) is 11.0. The standard InChI is InChI=1S/C14H20N2O2/c1-10(17)12-8-11(4-5-13(12)15)16-14(2)6-3-7-18-9-14/h4-5,8,16H,3,6-7,9,15H2,1-2H3. The molecule has 2 rings (SSSR count). The van der Waals surface area contributed by atoms with Gasteiger partial charge in [-0.25, -0.2) is 0 Å². The molecule has 1 fully saturated rings. The minimum absolute atomic E-state index is 0.0128. The van der Waals surface area contributed by atoms with Crippen LogP contribution in [-0.4, -0.2) is 24.5 Å². The van der Waals surface area contributed by atoms with Gasteiger partial charge in [0, 0.05) is 23.5 Å². The van der Waals surface area contributed by atoms with Gasteiger partial charge >= 0.3 is 0 Å². The number of ether oxygens (including phenoxy) is 1. The molecule has 1 aromatic rings. The van der Waals surface area contributed by atoms with Crippen molar-refractivity contribution in [2.24, 2.45) is 0 Å². The predicted octanol–water partition coefficient (Wildman–Crippen LogP) is 2.45. The summed E-state index contributed by atoms with van der Waals surface area (Å²) in [5, 5.41) is 3.45. The van der Waals surface area contributed by atoms with Crippen molar-refractivity contribution in [1.29, 1.82) is 0 Å². The van der Waals surface area contributed by atoms with Crippen LogP contribution < -0.4 is 11.1 Å². The van der Waals surface area contributed by atoms with Crippen LogP contribution in [0, 0.1) is 0 Å². The molecule has 1 atom stereocenters. The highest BCUT2D eigenvalue weighted by molar-refractivity contribution is 6.00. The lowest BCUT2D eigenvalue weighted by molar-refractivity contribution is 0.0540. The topological polar surface area (TPSA) is 64.3 Å². The molecule has 0 spiro atoms. The number of nitrogens with one attached hydrogen (secondary N) is 1. The highest BCUT2D eigenvalue weighted by Crippen LogP contribution is 2.26. The molecule has 98 valence electrons. The Kier molecular flexibility index (Phi) is 3.57. The van der Waals surface area contributed by atoms with Crippen LogP contribution in [0.4, 0.5) is 11.4 Å². The second-order valence-electron chi connectivity index (χ2n) is 5.20. The van der Waals surface area contributed by atoms with Crippen LogP contribution in [0.2, 0.25) is 0 Å². The van der Waals surface area contributed by atoms with Crippen molar-refractivity contribution in [2.75, 3.05) is 24.3 Å². The van der Waals surface area contributed by atoms with Crippen molar-refractivity contribution in [1.82, 2.24) is 0 Å². The molecule has 4 nitrogen and oxygen atoms in total. The van der Waals surface area contributed by atoms with E-state index in [1.54, 1.807) is 6.07 Å². The monoisotopic (exact) mass is 248 g/mol. The van der Waals surface area contributed by atoms with E-state index in [-0.39, 0.29) is 11.3 Å². The van der Waals surface area contributed by atoms with Gasteiger partial charge in [-0.15, -0.1) is 0 Å². The molecule has 0 aliphatic carbocycles. The summed E-state index contributed by atoms with van der Waals surface area (Å²) in [6, 6.07) is 5.49. The van der Waals surface area contributed by atoms with Crippen LogP contribution in [0.1, 0.15) is 37.0 Å². The Morgan fingerprint density at radius 3 is 2.89 bits per heavy atom. The minimum Gasteiger partial charge on any atom is -0.398 e. The second-order valence-corrected chi connectivity index (χ2v) is 5.20. The molecule has 1 saturated heterocycles. The third kappa shape index (κ3) is 2.82. The van der Waals surface area contributed by atoms with E-state index in [0.29, 0.717) is 17.9 Å². The molecule has 3 N–H and O–H groups in total. The number of carbonyl (C=O) groups excluding carboxylic acids is 1. The van der Waals surface area contributed by atoms with Gasteiger partial charge in [0.2, 0.25) is 0 Å². The van der Waals surface area contributed by atoms with Gasteiger partial charge in [0.05, 0.1) is 12.1 Å². The normalized spacial score (nSPS) is 23.7. The number of hydrogen-bond donors (Lipinski definition) is 2. The number of hydrogen-bond acceptors (Lipinski definition) is 4. The first kappa shape index (κ1) is 12.9. The summed E-state index contributed by atoms with van der Waals surface area (Å²) in [6.07, 6.45) is 2.12. The Bertz CT molecular complexity index is 451. The molecule has 1 heterocycles. The van der Waals surface area contributed by atoms with Crippen molar-refractivity contribution in [2.45, 2.75) is 32.2 Å². The predicted molar refractivity (Wildman–Crippen MR) is 72.9 cm³/mol. The largest absolute Gasteiger partial charge is 0.398 e. The number of benzene rings is 1. The van der Waals surface area contributed by atoms with Gasteiger partial charge in [0.1, 0.15) is 0 Å². The zero-order valence-corrected chi connectivity index (χ0v) is 11.0. The highest BCUT2D eigenvalue weighted by Gasteiger charge is 2.27. The van der Waals surface area contributed by atoms with Crippen LogP contribution in [0.25, 0.3) is 0 Å². The first-order chi connectivity index (χ1) is 8.50. The quantitative estimate of drug-likeness (QED) is 0.637. The number of nitrogens with two attached hydrogens (primary N) is 1. The van der Waals surface area contributed by atoms with Gasteiger partial charge in [-0.3, -0.25) is 4.79 Å². The molecule has 0 radical (unpaired) electrons. The van der Waals surface area contributed by atoms with E-state index < -0.39 is 0 Å². The molecular formula is C14H20N2O2. The first-order valence-electron chi connectivity index (χ1n) is 6.27. The fourth-order valence-electron chi connectivity index (χ4n) is 2.32. The Balaban J connectivity index is 2.18. The lowest BCUT2D eigenvalue weighted by Crippen LogP contribution is -2.43. The highest BCUT2D eigenvalue weighted by atomic mass is 16.5. The molecule has 1 aromatic carbocycles. The second kappa shape index (κ2) is 4.98. The smallest absolute Gasteiger partial charge is 0.161 e. The maximum absolute atomic E-state index is 11.5. The van der Waals surface area contributed by atoms with Crippen LogP contribution in [0.5, 0.6) is 0 Å². The van der Waals surface area contributed by atoms with Gasteiger partial charge in [-0.2, -0.15) is 0 Å². The van der Waals surface area contributed by atoms with Gasteiger partial charge in [-0.1, -0.05) is 0 Å². The third-order valence-electron chi connectivity index (χ3n) is 3.32. The summed E-state index contributed by atoms with van der Waals surface area (Å²) >= 11 is 0. The van der Waals surface area contributed by atoms with Crippen molar-refractivity contribution in [3.63, 3.8) is 0 Å². The van der Waals surface area contributed by atoms with Crippen molar-refractivity contribution in [3.05, 3.63) is 23.8 Å². The molecule has 1 aliphatic rings. The van der Waals surface area contributed by atoms with Crippen LogP contribution in [0.15, 0.2) is 18.2 Å². The van der Waals surface area contributed by atoms with E-state index >= 15 is 0 Å². The van der Waals surface area contributed by atoms with Gasteiger partial charge in [-0.05, 0) is 44.9 Å². The van der Waals surface area contributed by atoms with Gasteiger partial charge < -0.3 is 15.8 Å². The van der Waals surface area contributed by atoms with Crippen molar-refractivity contribution < 1.29 is 9.53 Å². The zero-order chi connectivity index (χ0) is 13.2. The van der Waals surface area contributed by atoms with E-state index in [1.807, 2.05) is 12.1 Å². The fourth-order valence-corrected chi connectivity index (χ4v) is 2.32. The molecule has 4 heteroatoms. The van der Waals surface area contributed by atoms with Gasteiger partial charge in [0.25, 0.3) is 0 Å². The van der Waals surface area contributed by atoms with Gasteiger partial charge in [0.15, 0.2) is 5.78 Å². The molecule has 0 aromatic heterocycles. The average Bonchev–Trinajstić information content (AvgIpc) is 2.32. The van der Waals surface area contributed by atoms with Crippen LogP contribution in [0.3, 0.4) is 0 Å². The molecule has 0 saturated carbocycles. The van der Waals surface area contributed by atoms with Crippen molar-refractivity contribution >= 4 is 17.2 Å². The SMILES string of the molecule is CC(=O)c1cc(NC2(C)CCCOC2)ccc1N. The lowest BCUT2D eigenvalue weighted by Gasteiger charge is -2.35. The summed E-state index contributed by atoms with van der Waals surface area (Å²) in [7, 11) is 0. The summed E-state index contributed by atoms with van der Waals surface area (Å²) in [5.74, 6) is -0.0128. The van der Waals surface area contributed by atoms with E-state index in [1.165, 1.54) is 6.92 Å². The van der Waals surface area contributed by atoms with E-state index in [4.69, 9.17) is 10.5 Å². The molecule has 0 amide bonds. The summed E-state index contributed by atoms with van der Waals surface area (Å²) < 4.78 is 5.50. The molecule has 1 unspecified atom stereocenters. The number of ketones is 1. The third-order valence-corrected chi connectivity index (χ3v) is 3.32. The summed E-state index contributed by atoms with van der Waals surface area (Å²) in [5.41, 5.74) is 7.73. The molecular weight excluding hydrogens is 228 g/mol. The van der Waals surface area contributed by atoms with Crippen molar-refractivity contribution in [3.8, 4) is 0 Å². The summed E-state index contributed by atoms with van der Waals surface area (Å²) in [6.45, 7) is 5.18. The maximum Gasteiger partial charge on any atom is 0.161 e. The Morgan fingerprint density at radius 1 is 1.50 bits per heavy atom. The summed E-state index contributed by atoms with van der Waals surface area (Å²) in [4.78, 5) is 11.5. The van der Waals surface area contributed by atoms with E-state index in [2.05, 4.69) is 12.2 Å². The lowest BCUT2D eigenvalue weighted by atomic mass is 9.94. The van der Waals surface area contributed by atoms with E-state index in [0.717, 1.165) is 25.1 Å². The Labute approximate surface area is 108 Å². The number of carbonyl (C=O) groups is 1. The number of anilines is 2. The molecule has 1 aliphatic heterocycles. The van der Waals surface area contributed by atoms with Crippen LogP contribution >= 0.6 is 0 Å². The Hall–Kier alpha value is -1.55. The number of nitrogen functional groups attached to an aromatic ring is 1. The minimum atomic E-state index is -0.0670. The average molecular weight is 248 g/mol. The molecule has 0 bridgehead atoms. The maximum atomic E-state index is 11.5. The Morgan fingerprint density at radius 2 is 2.28 bits per heavy atom. The first-order valence-corrected chi connectivity index (χ1v) is 6.27. The van der Waals surface area contributed by atoms with Crippen LogP contribution in [-0.2, 0) is 4.74 Å². The van der Waals surface area contributed by atoms with E-state index in [9.17, 15) is 4.79 Å². The molecule has 18 heavy (non-hydrogen) atoms. The number of rotatable bonds is 3. The fraction of sp³-hybridized carbons (Fsp3) is 0.500. The number of Topliss-reactive ketones (excluding diaryl/α,β-unsaturated/α-hetero) is 1.